The molecule has 2 atom stereocenters. The number of carbonyl (C=O) groups excluding carboxylic acids is 4. The van der Waals surface area contributed by atoms with E-state index in [9.17, 15) is 19.2 Å². The van der Waals surface area contributed by atoms with Crippen LogP contribution in [0.15, 0.2) is 0 Å². The van der Waals surface area contributed by atoms with Gasteiger partial charge in [0.15, 0.2) is 0 Å². The number of alkyl carbamates (subject to hydrolysis) is 1. The molecule has 0 radical (unpaired) electrons. The Bertz CT molecular complexity index is 516. The topological polar surface area (TPSA) is 166 Å². The van der Waals surface area contributed by atoms with E-state index >= 15 is 0 Å². The maximum atomic E-state index is 12.5. The van der Waals surface area contributed by atoms with E-state index < -0.39 is 41.6 Å². The van der Waals surface area contributed by atoms with E-state index in [1.165, 1.54) is 0 Å². The summed E-state index contributed by atoms with van der Waals surface area (Å²) in [5, 5.41) is 7.41. The van der Waals surface area contributed by atoms with Crippen molar-refractivity contribution in [2.45, 2.75) is 65.1 Å². The van der Waals surface area contributed by atoms with Gasteiger partial charge in [-0.05, 0) is 39.5 Å². The zero-order chi connectivity index (χ0) is 20.5. The van der Waals surface area contributed by atoms with E-state index in [-0.39, 0.29) is 18.9 Å². The standard InChI is InChI=1S/C16H31N5O5/c1-9(2)11(21-15(25)26-16(3,4)5)13(23)20-10(12(17)22)7-6-8-19-14(18)24/h9-11H,6-8H2,1-5H3,(H2,17,22)(H,20,23)(H,21,25)(H3,18,19,24). The molecule has 0 spiro atoms. The average molecular weight is 373 g/mol. The van der Waals surface area contributed by atoms with Crippen molar-refractivity contribution in [2.75, 3.05) is 6.54 Å². The number of rotatable bonds is 9. The fraction of sp³-hybridized carbons (Fsp3) is 0.750. The normalized spacial score (nSPS) is 13.5. The molecule has 150 valence electrons. The van der Waals surface area contributed by atoms with Crippen LogP contribution in [0.3, 0.4) is 0 Å². The lowest BCUT2D eigenvalue weighted by Crippen LogP contribution is -2.55. The van der Waals surface area contributed by atoms with Gasteiger partial charge in [-0.2, -0.15) is 0 Å². The number of nitrogens with two attached hydrogens (primary N) is 2. The lowest BCUT2D eigenvalue weighted by Gasteiger charge is -2.26. The molecule has 26 heavy (non-hydrogen) atoms. The summed E-state index contributed by atoms with van der Waals surface area (Å²) >= 11 is 0. The van der Waals surface area contributed by atoms with E-state index in [1.807, 2.05) is 0 Å². The molecule has 0 aliphatic carbocycles. The van der Waals surface area contributed by atoms with Gasteiger partial charge in [0.25, 0.3) is 0 Å². The van der Waals surface area contributed by atoms with Crippen LogP contribution in [0.25, 0.3) is 0 Å². The third kappa shape index (κ3) is 10.4. The minimum absolute atomic E-state index is 0.221. The first kappa shape index (κ1) is 23.5. The van der Waals surface area contributed by atoms with Gasteiger partial charge in [-0.25, -0.2) is 9.59 Å². The SMILES string of the molecule is CC(C)C(NC(=O)OC(C)(C)C)C(=O)NC(CCCNC(N)=O)C(N)=O. The molecule has 7 N–H and O–H groups in total. The van der Waals surface area contributed by atoms with Crippen molar-refractivity contribution in [3.8, 4) is 0 Å². The van der Waals surface area contributed by atoms with E-state index in [0.29, 0.717) is 6.42 Å². The van der Waals surface area contributed by atoms with Gasteiger partial charge < -0.3 is 32.2 Å². The zero-order valence-corrected chi connectivity index (χ0v) is 16.0. The molecule has 0 bridgehead atoms. The highest BCUT2D eigenvalue weighted by Crippen LogP contribution is 2.09. The van der Waals surface area contributed by atoms with E-state index in [0.717, 1.165) is 0 Å². The maximum absolute atomic E-state index is 12.5. The summed E-state index contributed by atoms with van der Waals surface area (Å²) in [5.74, 6) is -1.50. The van der Waals surface area contributed by atoms with Crippen LogP contribution >= 0.6 is 0 Å². The second-order valence-corrected chi connectivity index (χ2v) is 7.26. The largest absolute Gasteiger partial charge is 0.444 e. The summed E-state index contributed by atoms with van der Waals surface area (Å²) in [7, 11) is 0. The summed E-state index contributed by atoms with van der Waals surface area (Å²) in [6.07, 6.45) is -0.117. The minimum Gasteiger partial charge on any atom is -0.444 e. The van der Waals surface area contributed by atoms with Crippen molar-refractivity contribution in [2.24, 2.45) is 17.4 Å². The number of ether oxygens (including phenoxy) is 1. The van der Waals surface area contributed by atoms with Crippen LogP contribution in [0.4, 0.5) is 9.59 Å². The van der Waals surface area contributed by atoms with Crippen molar-refractivity contribution in [3.63, 3.8) is 0 Å². The molecule has 10 heteroatoms. The lowest BCUT2D eigenvalue weighted by molar-refractivity contribution is -0.129. The number of nitrogens with one attached hydrogen (secondary N) is 3. The molecule has 10 nitrogen and oxygen atoms in total. The fourth-order valence-corrected chi connectivity index (χ4v) is 2.03. The molecule has 0 saturated heterocycles. The van der Waals surface area contributed by atoms with Crippen molar-refractivity contribution in [1.82, 2.24) is 16.0 Å². The molecule has 0 aromatic carbocycles. The predicted molar refractivity (Wildman–Crippen MR) is 95.9 cm³/mol. The van der Waals surface area contributed by atoms with Gasteiger partial charge in [-0.3, -0.25) is 9.59 Å². The van der Waals surface area contributed by atoms with Crippen LogP contribution in [-0.2, 0) is 14.3 Å². The number of urea groups is 1. The Balaban J connectivity index is 4.80. The molecule has 0 aliphatic heterocycles. The molecule has 0 rings (SSSR count). The quantitative estimate of drug-likeness (QED) is 0.357. The molecule has 0 aliphatic rings. The van der Waals surface area contributed by atoms with Gasteiger partial charge in [0, 0.05) is 6.54 Å². The van der Waals surface area contributed by atoms with E-state index in [4.69, 9.17) is 16.2 Å². The van der Waals surface area contributed by atoms with Crippen molar-refractivity contribution in [3.05, 3.63) is 0 Å². The number of primary amides is 2. The highest BCUT2D eigenvalue weighted by Gasteiger charge is 2.29. The van der Waals surface area contributed by atoms with Gasteiger partial charge in [0.2, 0.25) is 11.8 Å². The number of carbonyl (C=O) groups is 4. The first-order chi connectivity index (χ1) is 11.8. The lowest BCUT2D eigenvalue weighted by atomic mass is 10.0. The minimum atomic E-state index is -0.932. The summed E-state index contributed by atoms with van der Waals surface area (Å²) < 4.78 is 5.15. The van der Waals surface area contributed by atoms with Crippen molar-refractivity contribution >= 4 is 23.9 Å². The van der Waals surface area contributed by atoms with Gasteiger partial charge in [0.05, 0.1) is 0 Å². The summed E-state index contributed by atoms with van der Waals surface area (Å²) in [6, 6.07) is -2.50. The average Bonchev–Trinajstić information content (AvgIpc) is 2.44. The van der Waals surface area contributed by atoms with Gasteiger partial charge >= 0.3 is 12.1 Å². The Kier molecular flexibility index (Phi) is 9.45. The molecular formula is C16H31N5O5. The number of hydrogen-bond donors (Lipinski definition) is 5. The molecule has 0 aromatic rings. The van der Waals surface area contributed by atoms with Crippen LogP contribution in [0.2, 0.25) is 0 Å². The first-order valence-electron chi connectivity index (χ1n) is 8.46. The second-order valence-electron chi connectivity index (χ2n) is 7.26. The van der Waals surface area contributed by atoms with Crippen LogP contribution < -0.4 is 27.4 Å². The highest BCUT2D eigenvalue weighted by atomic mass is 16.6. The first-order valence-corrected chi connectivity index (χ1v) is 8.46. The number of amides is 5. The smallest absolute Gasteiger partial charge is 0.408 e. The zero-order valence-electron chi connectivity index (χ0n) is 16.0. The summed E-state index contributed by atoms with van der Waals surface area (Å²) in [4.78, 5) is 46.5. The monoisotopic (exact) mass is 373 g/mol. The van der Waals surface area contributed by atoms with Crippen LogP contribution in [-0.4, -0.2) is 48.2 Å². The van der Waals surface area contributed by atoms with Crippen LogP contribution in [0.1, 0.15) is 47.5 Å². The Hall–Kier alpha value is -2.52. The van der Waals surface area contributed by atoms with Crippen LogP contribution in [0.5, 0.6) is 0 Å². The Labute approximate surface area is 153 Å². The molecule has 0 heterocycles. The van der Waals surface area contributed by atoms with Gasteiger partial charge in [-0.1, -0.05) is 13.8 Å². The highest BCUT2D eigenvalue weighted by molar-refractivity contribution is 5.90. The third-order valence-electron chi connectivity index (χ3n) is 3.25. The second kappa shape index (κ2) is 10.5. The molecule has 5 amide bonds. The Morgan fingerprint density at radius 2 is 1.62 bits per heavy atom. The molecule has 2 unspecified atom stereocenters. The summed E-state index contributed by atoms with van der Waals surface area (Å²) in [5.41, 5.74) is 9.56. The van der Waals surface area contributed by atoms with E-state index in [2.05, 4.69) is 16.0 Å². The molecule has 0 fully saturated rings. The van der Waals surface area contributed by atoms with Crippen LogP contribution in [0, 0.1) is 5.92 Å². The Morgan fingerprint density at radius 1 is 1.04 bits per heavy atom. The molecule has 0 saturated carbocycles. The van der Waals surface area contributed by atoms with Crippen molar-refractivity contribution in [1.29, 1.82) is 0 Å². The van der Waals surface area contributed by atoms with Gasteiger partial charge in [-0.15, -0.1) is 0 Å². The third-order valence-corrected chi connectivity index (χ3v) is 3.25. The maximum Gasteiger partial charge on any atom is 0.408 e. The van der Waals surface area contributed by atoms with E-state index in [1.54, 1.807) is 34.6 Å². The predicted octanol–water partition coefficient (Wildman–Crippen LogP) is -0.0457. The molecular weight excluding hydrogens is 342 g/mol. The van der Waals surface area contributed by atoms with Crippen molar-refractivity contribution < 1.29 is 23.9 Å². The number of hydrogen-bond acceptors (Lipinski definition) is 5. The Morgan fingerprint density at radius 3 is 2.04 bits per heavy atom. The van der Waals surface area contributed by atoms with Gasteiger partial charge in [0.1, 0.15) is 17.7 Å². The molecule has 0 aromatic heterocycles. The summed E-state index contributed by atoms with van der Waals surface area (Å²) in [6.45, 7) is 8.87. The fourth-order valence-electron chi connectivity index (χ4n) is 2.03.